The fourth-order valence-electron chi connectivity index (χ4n) is 1.65. The molecule has 0 aliphatic heterocycles. The Labute approximate surface area is 114 Å². The van der Waals surface area contributed by atoms with Gasteiger partial charge in [0.25, 0.3) is 0 Å². The highest BCUT2D eigenvalue weighted by molar-refractivity contribution is 6.35. The standard InChI is InChI=1S/C11H12Cl2N4O/c1-17-15-11(14-16-17)6-7(18)5-8-9(12)3-2-4-10(8)13/h2-4,7,18H,5-6H2,1H3. The molecule has 1 heterocycles. The summed E-state index contributed by atoms with van der Waals surface area (Å²) in [5.41, 5.74) is 0.734. The van der Waals surface area contributed by atoms with Gasteiger partial charge in [-0.2, -0.15) is 4.80 Å². The van der Waals surface area contributed by atoms with E-state index in [0.29, 0.717) is 28.7 Å². The summed E-state index contributed by atoms with van der Waals surface area (Å²) in [6.45, 7) is 0. The van der Waals surface area contributed by atoms with Crippen LogP contribution in [0.15, 0.2) is 18.2 Å². The highest BCUT2D eigenvalue weighted by Crippen LogP contribution is 2.25. The number of aliphatic hydroxyl groups excluding tert-OH is 1. The fourth-order valence-corrected chi connectivity index (χ4v) is 2.20. The van der Waals surface area contributed by atoms with Crippen molar-refractivity contribution in [2.75, 3.05) is 0 Å². The molecule has 0 aliphatic rings. The molecule has 0 amide bonds. The zero-order chi connectivity index (χ0) is 13.1. The van der Waals surface area contributed by atoms with Crippen LogP contribution < -0.4 is 0 Å². The SMILES string of the molecule is Cn1nnc(CC(O)Cc2c(Cl)cccc2Cl)n1. The zero-order valence-electron chi connectivity index (χ0n) is 9.72. The molecule has 0 radical (unpaired) electrons. The summed E-state index contributed by atoms with van der Waals surface area (Å²) in [4.78, 5) is 1.35. The Morgan fingerprint density at radius 1 is 1.28 bits per heavy atom. The summed E-state index contributed by atoms with van der Waals surface area (Å²) in [5.74, 6) is 0.494. The highest BCUT2D eigenvalue weighted by atomic mass is 35.5. The molecule has 1 aromatic heterocycles. The molecule has 0 saturated heterocycles. The van der Waals surface area contributed by atoms with Gasteiger partial charge in [-0.15, -0.1) is 10.2 Å². The van der Waals surface area contributed by atoms with Crippen LogP contribution in [-0.4, -0.2) is 31.4 Å². The van der Waals surface area contributed by atoms with Gasteiger partial charge in [0.05, 0.1) is 13.2 Å². The molecule has 1 aromatic carbocycles. The third kappa shape index (κ3) is 3.19. The Hall–Kier alpha value is -1.17. The van der Waals surface area contributed by atoms with E-state index in [9.17, 15) is 5.11 Å². The molecule has 0 spiro atoms. The molecule has 96 valence electrons. The molecule has 1 unspecified atom stereocenters. The van der Waals surface area contributed by atoms with E-state index in [1.807, 2.05) is 0 Å². The van der Waals surface area contributed by atoms with Crippen molar-refractivity contribution in [3.05, 3.63) is 39.6 Å². The average molecular weight is 287 g/mol. The number of hydrogen-bond acceptors (Lipinski definition) is 4. The molecule has 0 aliphatic carbocycles. The van der Waals surface area contributed by atoms with E-state index in [1.165, 1.54) is 4.80 Å². The minimum absolute atomic E-state index is 0.315. The number of benzene rings is 1. The van der Waals surface area contributed by atoms with Crippen LogP contribution in [0.4, 0.5) is 0 Å². The normalized spacial score (nSPS) is 12.7. The summed E-state index contributed by atoms with van der Waals surface area (Å²) in [6.07, 6.45) is 0.0261. The molecule has 2 aromatic rings. The molecule has 2 rings (SSSR count). The molecule has 5 nitrogen and oxygen atoms in total. The van der Waals surface area contributed by atoms with E-state index >= 15 is 0 Å². The molecule has 0 saturated carbocycles. The van der Waals surface area contributed by atoms with Gasteiger partial charge >= 0.3 is 0 Å². The maximum atomic E-state index is 9.98. The molecule has 1 N–H and O–H groups in total. The van der Waals surface area contributed by atoms with E-state index in [1.54, 1.807) is 25.2 Å². The Balaban J connectivity index is 2.05. The van der Waals surface area contributed by atoms with E-state index in [4.69, 9.17) is 23.2 Å². The summed E-state index contributed by atoms with van der Waals surface area (Å²) in [7, 11) is 1.67. The number of nitrogens with zero attached hydrogens (tertiary/aromatic N) is 4. The van der Waals surface area contributed by atoms with Gasteiger partial charge in [0, 0.05) is 22.9 Å². The van der Waals surface area contributed by atoms with Gasteiger partial charge in [-0.3, -0.25) is 0 Å². The maximum Gasteiger partial charge on any atom is 0.177 e. The Bertz CT molecular complexity index is 523. The van der Waals surface area contributed by atoms with Gasteiger partial charge in [0.15, 0.2) is 5.82 Å². The summed E-state index contributed by atoms with van der Waals surface area (Å²) >= 11 is 12.1. The first-order chi connectivity index (χ1) is 8.56. The van der Waals surface area contributed by atoms with Crippen LogP contribution in [-0.2, 0) is 19.9 Å². The first-order valence-corrected chi connectivity index (χ1v) is 6.15. The lowest BCUT2D eigenvalue weighted by Crippen LogP contribution is -2.15. The predicted molar refractivity (Wildman–Crippen MR) is 68.7 cm³/mol. The summed E-state index contributed by atoms with van der Waals surface area (Å²) in [5, 5.41) is 22.6. The average Bonchev–Trinajstić information content (AvgIpc) is 2.69. The second kappa shape index (κ2) is 5.65. The Morgan fingerprint density at radius 2 is 1.94 bits per heavy atom. The second-order valence-electron chi connectivity index (χ2n) is 3.96. The quantitative estimate of drug-likeness (QED) is 0.929. The number of hydrogen-bond donors (Lipinski definition) is 1. The van der Waals surface area contributed by atoms with Gasteiger partial charge in [-0.25, -0.2) is 0 Å². The molecule has 7 heteroatoms. The van der Waals surface area contributed by atoms with E-state index < -0.39 is 6.10 Å². The van der Waals surface area contributed by atoms with Crippen LogP contribution in [0, 0.1) is 0 Å². The minimum atomic E-state index is -0.647. The van der Waals surface area contributed by atoms with Crippen molar-refractivity contribution in [3.8, 4) is 0 Å². The topological polar surface area (TPSA) is 63.8 Å². The number of rotatable bonds is 4. The van der Waals surface area contributed by atoms with Crippen LogP contribution in [0.2, 0.25) is 10.0 Å². The molecule has 0 bridgehead atoms. The van der Waals surface area contributed by atoms with Crippen LogP contribution in [0.1, 0.15) is 11.4 Å². The van der Waals surface area contributed by atoms with Crippen LogP contribution in [0.3, 0.4) is 0 Å². The zero-order valence-corrected chi connectivity index (χ0v) is 11.2. The second-order valence-corrected chi connectivity index (χ2v) is 4.77. The summed E-state index contributed by atoms with van der Waals surface area (Å²) < 4.78 is 0. The molecular weight excluding hydrogens is 275 g/mol. The molecule has 1 atom stereocenters. The van der Waals surface area contributed by atoms with Crippen LogP contribution in [0.5, 0.6) is 0 Å². The Morgan fingerprint density at radius 3 is 2.50 bits per heavy atom. The Kier molecular flexibility index (Phi) is 4.16. The lowest BCUT2D eigenvalue weighted by Gasteiger charge is -2.11. The van der Waals surface area contributed by atoms with E-state index in [-0.39, 0.29) is 0 Å². The lowest BCUT2D eigenvalue weighted by atomic mass is 10.1. The third-order valence-electron chi connectivity index (χ3n) is 2.47. The van der Waals surface area contributed by atoms with Crippen molar-refractivity contribution in [1.29, 1.82) is 0 Å². The summed E-state index contributed by atoms with van der Waals surface area (Å²) in [6, 6.07) is 5.26. The lowest BCUT2D eigenvalue weighted by molar-refractivity contribution is 0.173. The van der Waals surface area contributed by atoms with Crippen molar-refractivity contribution in [1.82, 2.24) is 20.2 Å². The van der Waals surface area contributed by atoms with Gasteiger partial charge in [-0.05, 0) is 22.9 Å². The first kappa shape index (κ1) is 13.3. The van der Waals surface area contributed by atoms with Crippen molar-refractivity contribution in [3.63, 3.8) is 0 Å². The molecular formula is C11H12Cl2N4O. The number of aromatic nitrogens is 4. The third-order valence-corrected chi connectivity index (χ3v) is 3.18. The monoisotopic (exact) mass is 286 g/mol. The fraction of sp³-hybridized carbons (Fsp3) is 0.364. The van der Waals surface area contributed by atoms with Crippen molar-refractivity contribution in [2.45, 2.75) is 18.9 Å². The van der Waals surface area contributed by atoms with Crippen molar-refractivity contribution in [2.24, 2.45) is 7.05 Å². The number of halogens is 2. The maximum absolute atomic E-state index is 9.98. The predicted octanol–water partition coefficient (Wildman–Crippen LogP) is 1.66. The molecule has 18 heavy (non-hydrogen) atoms. The minimum Gasteiger partial charge on any atom is -0.392 e. The number of aryl methyl sites for hydroxylation is 1. The highest BCUT2D eigenvalue weighted by Gasteiger charge is 2.14. The largest absolute Gasteiger partial charge is 0.392 e. The van der Waals surface area contributed by atoms with Gasteiger partial charge in [0.2, 0.25) is 0 Å². The molecule has 0 fully saturated rings. The van der Waals surface area contributed by atoms with Crippen LogP contribution in [0.25, 0.3) is 0 Å². The van der Waals surface area contributed by atoms with Gasteiger partial charge in [0.1, 0.15) is 0 Å². The first-order valence-electron chi connectivity index (χ1n) is 5.40. The van der Waals surface area contributed by atoms with Gasteiger partial charge < -0.3 is 5.11 Å². The van der Waals surface area contributed by atoms with Crippen LogP contribution >= 0.6 is 23.2 Å². The van der Waals surface area contributed by atoms with Gasteiger partial charge in [-0.1, -0.05) is 29.3 Å². The van der Waals surface area contributed by atoms with E-state index in [0.717, 1.165) is 5.56 Å². The number of tetrazole rings is 1. The number of aliphatic hydroxyl groups is 1. The smallest absolute Gasteiger partial charge is 0.177 e. The van der Waals surface area contributed by atoms with E-state index in [2.05, 4.69) is 15.4 Å². The van der Waals surface area contributed by atoms with Crippen molar-refractivity contribution >= 4 is 23.2 Å². The van der Waals surface area contributed by atoms with Crippen molar-refractivity contribution < 1.29 is 5.11 Å².